The number of hydrogen-bond donors (Lipinski definition) is 4. The van der Waals surface area contributed by atoms with Gasteiger partial charge >= 0.3 is 0 Å². The summed E-state index contributed by atoms with van der Waals surface area (Å²) in [6, 6.07) is 6.00. The first-order valence-corrected chi connectivity index (χ1v) is 8.63. The fraction of sp³-hybridized carbons (Fsp3) is 0.500. The molecule has 0 aromatic heterocycles. The van der Waals surface area contributed by atoms with E-state index in [4.69, 9.17) is 20.7 Å². The van der Waals surface area contributed by atoms with Gasteiger partial charge in [-0.15, -0.1) is 0 Å². The summed E-state index contributed by atoms with van der Waals surface area (Å²) in [6.45, 7) is 3.23. The number of nitrogens with zero attached hydrogens (tertiary/aromatic N) is 1. The Bertz CT molecular complexity index is 673. The molecule has 0 radical (unpaired) electrons. The first-order chi connectivity index (χ1) is 12.2. The lowest BCUT2D eigenvalue weighted by molar-refractivity contribution is 0.349. The molecule has 1 fully saturated rings. The first kappa shape index (κ1) is 17.6. The third-order valence-corrected chi connectivity index (χ3v) is 5.06. The average Bonchev–Trinajstić information content (AvgIpc) is 3.16. The fourth-order valence-electron chi connectivity index (χ4n) is 3.73. The number of amidine groups is 1. The number of para-hydroxylation sites is 1. The zero-order chi connectivity index (χ0) is 17.8. The molecule has 136 valence electrons. The maximum absolute atomic E-state index is 8.63. The molecule has 0 amide bonds. The molecule has 2 heterocycles. The van der Waals surface area contributed by atoms with Gasteiger partial charge in [0.15, 0.2) is 11.5 Å². The molecule has 0 spiro atoms. The van der Waals surface area contributed by atoms with E-state index in [0.29, 0.717) is 18.3 Å². The van der Waals surface area contributed by atoms with Crippen LogP contribution < -0.4 is 26.1 Å². The minimum Gasteiger partial charge on any atom is -0.493 e. The smallest absolute Gasteiger partial charge is 0.164 e. The van der Waals surface area contributed by atoms with Gasteiger partial charge in [-0.3, -0.25) is 11.3 Å². The Morgan fingerprint density at radius 1 is 1.36 bits per heavy atom. The van der Waals surface area contributed by atoms with E-state index in [1.165, 1.54) is 0 Å². The van der Waals surface area contributed by atoms with Crippen LogP contribution in [-0.2, 0) is 0 Å². The van der Waals surface area contributed by atoms with E-state index in [0.717, 1.165) is 60.8 Å². The summed E-state index contributed by atoms with van der Waals surface area (Å²) in [6.07, 6.45) is 1.81. The third kappa shape index (κ3) is 3.43. The molecule has 5 N–H and O–H groups in total. The SMILES string of the molecule is COc1cccc(C2CCN(C(=N)C3=C(NN)CNCC3)C2)c1OC. The monoisotopic (exact) mass is 345 g/mol. The molecule has 0 saturated carbocycles. The lowest BCUT2D eigenvalue weighted by atomic mass is 9.97. The van der Waals surface area contributed by atoms with Crippen molar-refractivity contribution in [2.24, 2.45) is 5.84 Å². The molecule has 1 saturated heterocycles. The predicted octanol–water partition coefficient (Wildman–Crippen LogP) is 1.18. The molecular weight excluding hydrogens is 318 g/mol. The van der Waals surface area contributed by atoms with Gasteiger partial charge < -0.3 is 25.1 Å². The van der Waals surface area contributed by atoms with E-state index in [2.05, 4.69) is 21.7 Å². The van der Waals surface area contributed by atoms with Gasteiger partial charge in [-0.2, -0.15) is 0 Å². The molecule has 1 unspecified atom stereocenters. The standard InChI is InChI=1S/C18H27N5O2/c1-24-16-5-3-4-13(17(16)25-2)12-7-9-23(11-12)18(19)14-6-8-21-10-15(14)22-20/h3-5,12,19,21-22H,6-11,20H2,1-2H3. The normalized spacial score (nSPS) is 20.6. The van der Waals surface area contributed by atoms with Crippen LogP contribution in [0.5, 0.6) is 11.5 Å². The maximum Gasteiger partial charge on any atom is 0.164 e. The molecular formula is C18H27N5O2. The van der Waals surface area contributed by atoms with Crippen LogP contribution in [-0.4, -0.2) is 51.1 Å². The highest BCUT2D eigenvalue weighted by molar-refractivity contribution is 5.97. The second-order valence-electron chi connectivity index (χ2n) is 6.39. The number of hydrazine groups is 1. The molecule has 7 nitrogen and oxygen atoms in total. The minimum absolute atomic E-state index is 0.321. The van der Waals surface area contributed by atoms with Gasteiger partial charge in [0, 0.05) is 42.4 Å². The van der Waals surface area contributed by atoms with Gasteiger partial charge in [0.2, 0.25) is 0 Å². The van der Waals surface area contributed by atoms with Gasteiger partial charge in [-0.05, 0) is 25.5 Å². The summed E-state index contributed by atoms with van der Waals surface area (Å²) in [7, 11) is 3.33. The number of benzene rings is 1. The molecule has 0 bridgehead atoms. The molecule has 3 rings (SSSR count). The van der Waals surface area contributed by atoms with Crippen molar-refractivity contribution in [1.82, 2.24) is 15.6 Å². The summed E-state index contributed by atoms with van der Waals surface area (Å²) in [5.41, 5.74) is 5.82. The van der Waals surface area contributed by atoms with Gasteiger partial charge in [0.05, 0.1) is 14.2 Å². The summed E-state index contributed by atoms with van der Waals surface area (Å²) in [5, 5.41) is 11.9. The van der Waals surface area contributed by atoms with Crippen LogP contribution >= 0.6 is 0 Å². The van der Waals surface area contributed by atoms with Crippen LogP contribution in [0.3, 0.4) is 0 Å². The second kappa shape index (κ2) is 7.76. The third-order valence-electron chi connectivity index (χ3n) is 5.06. The Hall–Kier alpha value is -2.25. The van der Waals surface area contributed by atoms with Crippen LogP contribution in [0.1, 0.15) is 24.3 Å². The highest BCUT2D eigenvalue weighted by Gasteiger charge is 2.30. The zero-order valence-corrected chi connectivity index (χ0v) is 14.9. The summed E-state index contributed by atoms with van der Waals surface area (Å²) >= 11 is 0. The van der Waals surface area contributed by atoms with Crippen molar-refractivity contribution in [2.75, 3.05) is 40.4 Å². The Kier molecular flexibility index (Phi) is 5.45. The van der Waals surface area contributed by atoms with Crippen molar-refractivity contribution < 1.29 is 9.47 Å². The van der Waals surface area contributed by atoms with Gasteiger partial charge in [-0.1, -0.05) is 12.1 Å². The fourth-order valence-corrected chi connectivity index (χ4v) is 3.73. The van der Waals surface area contributed by atoms with Crippen molar-refractivity contribution in [3.8, 4) is 11.5 Å². The lowest BCUT2D eigenvalue weighted by Gasteiger charge is -2.27. The molecule has 0 aliphatic carbocycles. The number of nitrogens with two attached hydrogens (primary N) is 1. The van der Waals surface area contributed by atoms with Gasteiger partial charge in [0.25, 0.3) is 0 Å². The molecule has 1 aromatic rings. The molecule has 2 aliphatic heterocycles. The maximum atomic E-state index is 8.63. The average molecular weight is 345 g/mol. The van der Waals surface area contributed by atoms with Crippen LogP contribution in [0.2, 0.25) is 0 Å². The zero-order valence-electron chi connectivity index (χ0n) is 14.9. The lowest BCUT2D eigenvalue weighted by Crippen LogP contribution is -2.40. The Labute approximate surface area is 148 Å². The first-order valence-electron chi connectivity index (χ1n) is 8.63. The summed E-state index contributed by atoms with van der Waals surface area (Å²) in [5.74, 6) is 8.08. The van der Waals surface area contributed by atoms with Gasteiger partial charge in [0.1, 0.15) is 5.84 Å². The number of methoxy groups -OCH3 is 2. The largest absolute Gasteiger partial charge is 0.493 e. The van der Waals surface area contributed by atoms with E-state index in [9.17, 15) is 0 Å². The van der Waals surface area contributed by atoms with Crippen LogP contribution in [0.4, 0.5) is 0 Å². The van der Waals surface area contributed by atoms with Crippen molar-refractivity contribution in [2.45, 2.75) is 18.8 Å². The van der Waals surface area contributed by atoms with E-state index >= 15 is 0 Å². The van der Waals surface area contributed by atoms with E-state index in [1.807, 2.05) is 12.1 Å². The summed E-state index contributed by atoms with van der Waals surface area (Å²) < 4.78 is 11.0. The van der Waals surface area contributed by atoms with Crippen LogP contribution in [0.25, 0.3) is 0 Å². The Morgan fingerprint density at radius 3 is 2.92 bits per heavy atom. The van der Waals surface area contributed by atoms with Crippen LogP contribution in [0.15, 0.2) is 29.5 Å². The molecule has 7 heteroatoms. The molecule has 1 atom stereocenters. The van der Waals surface area contributed by atoms with Crippen molar-refractivity contribution in [3.63, 3.8) is 0 Å². The second-order valence-corrected chi connectivity index (χ2v) is 6.39. The van der Waals surface area contributed by atoms with Crippen LogP contribution in [0, 0.1) is 5.41 Å². The number of hydrogen-bond acceptors (Lipinski definition) is 6. The van der Waals surface area contributed by atoms with E-state index < -0.39 is 0 Å². The van der Waals surface area contributed by atoms with E-state index in [1.54, 1.807) is 14.2 Å². The molecule has 25 heavy (non-hydrogen) atoms. The number of ether oxygens (including phenoxy) is 2. The minimum atomic E-state index is 0.321. The molecule has 1 aromatic carbocycles. The highest BCUT2D eigenvalue weighted by Crippen LogP contribution is 2.39. The van der Waals surface area contributed by atoms with Gasteiger partial charge in [-0.25, -0.2) is 0 Å². The van der Waals surface area contributed by atoms with Crippen molar-refractivity contribution >= 4 is 5.84 Å². The Morgan fingerprint density at radius 2 is 2.20 bits per heavy atom. The number of nitrogens with one attached hydrogen (secondary N) is 3. The number of rotatable bonds is 5. The molecule has 2 aliphatic rings. The Balaban J connectivity index is 1.78. The van der Waals surface area contributed by atoms with Crippen molar-refractivity contribution in [1.29, 1.82) is 5.41 Å². The topological polar surface area (TPSA) is 95.6 Å². The van der Waals surface area contributed by atoms with Crippen molar-refractivity contribution in [3.05, 3.63) is 35.0 Å². The quantitative estimate of drug-likeness (QED) is 0.277. The predicted molar refractivity (Wildman–Crippen MR) is 98.0 cm³/mol. The van der Waals surface area contributed by atoms with E-state index in [-0.39, 0.29) is 0 Å². The number of likely N-dealkylation sites (tertiary alicyclic amines) is 1. The highest BCUT2D eigenvalue weighted by atomic mass is 16.5. The summed E-state index contributed by atoms with van der Waals surface area (Å²) in [4.78, 5) is 2.14.